The second-order valence-electron chi connectivity index (χ2n) is 7.19. The van der Waals surface area contributed by atoms with Crippen molar-refractivity contribution in [2.75, 3.05) is 31.1 Å². The van der Waals surface area contributed by atoms with Crippen molar-refractivity contribution in [3.05, 3.63) is 16.8 Å². The molecule has 2 aromatic rings. The molecule has 0 bridgehead atoms. The van der Waals surface area contributed by atoms with Gasteiger partial charge in [0.2, 0.25) is 0 Å². The Bertz CT molecular complexity index is 697. The van der Waals surface area contributed by atoms with Crippen LogP contribution in [0.5, 0.6) is 0 Å². The van der Waals surface area contributed by atoms with Gasteiger partial charge in [-0.2, -0.15) is 0 Å². The van der Waals surface area contributed by atoms with Crippen LogP contribution in [-0.2, 0) is 6.42 Å². The molecule has 4 nitrogen and oxygen atoms in total. The molecule has 0 N–H and O–H groups in total. The molecule has 1 saturated heterocycles. The summed E-state index contributed by atoms with van der Waals surface area (Å²) in [6, 6.07) is 3.14. The predicted molar refractivity (Wildman–Crippen MR) is 102 cm³/mol. The standard InChI is InChI=1S/C19H28N4S/c1-3-16-13-17-18(20-14(2)21-19(17)24-16)23-11-9-22(10-12-23)15-7-5-4-6-8-15/h13,15H,3-12H2,1-2H3. The maximum absolute atomic E-state index is 4.81. The lowest BCUT2D eigenvalue weighted by Crippen LogP contribution is -2.51. The topological polar surface area (TPSA) is 32.3 Å². The number of piperazine rings is 1. The first kappa shape index (κ1) is 16.3. The molecule has 0 radical (unpaired) electrons. The Hall–Kier alpha value is -1.20. The molecular formula is C19H28N4S. The van der Waals surface area contributed by atoms with Crippen molar-refractivity contribution < 1.29 is 0 Å². The highest BCUT2D eigenvalue weighted by molar-refractivity contribution is 7.18. The minimum absolute atomic E-state index is 0.834. The number of rotatable bonds is 3. The average molecular weight is 345 g/mol. The summed E-state index contributed by atoms with van der Waals surface area (Å²) in [5.41, 5.74) is 0. The lowest BCUT2D eigenvalue weighted by atomic mass is 9.94. The first-order chi connectivity index (χ1) is 11.7. The lowest BCUT2D eigenvalue weighted by molar-refractivity contribution is 0.148. The molecule has 1 aliphatic carbocycles. The van der Waals surface area contributed by atoms with Crippen LogP contribution in [0.4, 0.5) is 5.82 Å². The number of fused-ring (bicyclic) bond motifs is 1. The molecule has 130 valence electrons. The normalized spacial score (nSPS) is 20.8. The van der Waals surface area contributed by atoms with Gasteiger partial charge in [0.15, 0.2) is 0 Å². The van der Waals surface area contributed by atoms with E-state index in [-0.39, 0.29) is 0 Å². The molecule has 4 rings (SSSR count). The predicted octanol–water partition coefficient (Wildman–Crippen LogP) is 4.02. The zero-order chi connectivity index (χ0) is 16.5. The van der Waals surface area contributed by atoms with Gasteiger partial charge in [-0.3, -0.25) is 4.90 Å². The van der Waals surface area contributed by atoms with E-state index in [0.29, 0.717) is 0 Å². The fourth-order valence-corrected chi connectivity index (χ4v) is 5.23. The summed E-state index contributed by atoms with van der Waals surface area (Å²) in [4.78, 5) is 17.3. The van der Waals surface area contributed by atoms with Crippen molar-refractivity contribution in [1.82, 2.24) is 14.9 Å². The summed E-state index contributed by atoms with van der Waals surface area (Å²) in [6.45, 7) is 8.79. The van der Waals surface area contributed by atoms with E-state index in [4.69, 9.17) is 4.98 Å². The molecule has 1 aliphatic heterocycles. The summed E-state index contributed by atoms with van der Waals surface area (Å²) in [7, 11) is 0. The smallest absolute Gasteiger partial charge is 0.141 e. The lowest BCUT2D eigenvalue weighted by Gasteiger charge is -2.41. The number of aromatic nitrogens is 2. The highest BCUT2D eigenvalue weighted by Crippen LogP contribution is 2.32. The minimum Gasteiger partial charge on any atom is -0.353 e. The summed E-state index contributed by atoms with van der Waals surface area (Å²) < 4.78 is 0. The van der Waals surface area contributed by atoms with Gasteiger partial charge in [0.05, 0.1) is 5.39 Å². The number of aryl methyl sites for hydroxylation is 2. The molecular weight excluding hydrogens is 316 g/mol. The molecule has 2 aliphatic rings. The van der Waals surface area contributed by atoms with Crippen LogP contribution in [0.25, 0.3) is 10.2 Å². The Morgan fingerprint density at radius 2 is 1.83 bits per heavy atom. The fourth-order valence-electron chi connectivity index (χ4n) is 4.22. The fraction of sp³-hybridized carbons (Fsp3) is 0.684. The van der Waals surface area contributed by atoms with Crippen LogP contribution in [0.1, 0.15) is 49.7 Å². The number of anilines is 1. The third kappa shape index (κ3) is 3.16. The van der Waals surface area contributed by atoms with Crippen LogP contribution in [0.15, 0.2) is 6.07 Å². The summed E-state index contributed by atoms with van der Waals surface area (Å²) in [6.07, 6.45) is 8.17. The van der Waals surface area contributed by atoms with Gasteiger partial charge < -0.3 is 4.90 Å². The SMILES string of the molecule is CCc1cc2c(N3CCN(C4CCCCC4)CC3)nc(C)nc2s1. The van der Waals surface area contributed by atoms with E-state index in [1.54, 1.807) is 0 Å². The summed E-state index contributed by atoms with van der Waals surface area (Å²) in [5.74, 6) is 2.06. The van der Waals surface area contributed by atoms with E-state index >= 15 is 0 Å². The van der Waals surface area contributed by atoms with Gasteiger partial charge in [-0.05, 0) is 32.3 Å². The molecule has 2 aromatic heterocycles. The highest BCUT2D eigenvalue weighted by atomic mass is 32.1. The van der Waals surface area contributed by atoms with Gasteiger partial charge in [-0.1, -0.05) is 26.2 Å². The van der Waals surface area contributed by atoms with Crippen LogP contribution in [-0.4, -0.2) is 47.1 Å². The summed E-state index contributed by atoms with van der Waals surface area (Å²) in [5, 5.41) is 1.26. The maximum atomic E-state index is 4.81. The summed E-state index contributed by atoms with van der Waals surface area (Å²) >= 11 is 1.82. The van der Waals surface area contributed by atoms with E-state index in [0.717, 1.165) is 42.0 Å². The van der Waals surface area contributed by atoms with Gasteiger partial charge in [0.25, 0.3) is 0 Å². The average Bonchev–Trinajstić information content (AvgIpc) is 3.05. The zero-order valence-corrected chi connectivity index (χ0v) is 15.7. The van der Waals surface area contributed by atoms with E-state index in [2.05, 4.69) is 27.8 Å². The van der Waals surface area contributed by atoms with Crippen molar-refractivity contribution in [1.29, 1.82) is 0 Å². The highest BCUT2D eigenvalue weighted by Gasteiger charge is 2.26. The van der Waals surface area contributed by atoms with Crippen molar-refractivity contribution >= 4 is 27.4 Å². The second-order valence-corrected chi connectivity index (χ2v) is 8.31. The quantitative estimate of drug-likeness (QED) is 0.842. The third-order valence-corrected chi connectivity index (χ3v) is 6.76. The number of hydrogen-bond acceptors (Lipinski definition) is 5. The van der Waals surface area contributed by atoms with Gasteiger partial charge in [-0.25, -0.2) is 9.97 Å². The molecule has 1 saturated carbocycles. The van der Waals surface area contributed by atoms with Gasteiger partial charge in [-0.15, -0.1) is 11.3 Å². The molecule has 2 fully saturated rings. The first-order valence-corrected chi connectivity index (χ1v) is 10.3. The van der Waals surface area contributed by atoms with Crippen LogP contribution >= 0.6 is 11.3 Å². The number of nitrogens with zero attached hydrogens (tertiary/aromatic N) is 4. The van der Waals surface area contributed by atoms with E-state index in [1.807, 2.05) is 18.3 Å². The van der Waals surface area contributed by atoms with Gasteiger partial charge in [0, 0.05) is 37.1 Å². The van der Waals surface area contributed by atoms with Crippen molar-refractivity contribution in [3.8, 4) is 0 Å². The van der Waals surface area contributed by atoms with Crippen molar-refractivity contribution in [3.63, 3.8) is 0 Å². The van der Waals surface area contributed by atoms with E-state index in [9.17, 15) is 0 Å². The number of hydrogen-bond donors (Lipinski definition) is 0. The Balaban J connectivity index is 1.52. The Labute approximate surface area is 148 Å². The molecule has 0 aromatic carbocycles. The van der Waals surface area contributed by atoms with Crippen molar-refractivity contribution in [2.45, 2.75) is 58.4 Å². The Kier molecular flexibility index (Phi) is 4.72. The van der Waals surface area contributed by atoms with Gasteiger partial charge >= 0.3 is 0 Å². The molecule has 0 spiro atoms. The van der Waals surface area contributed by atoms with E-state index < -0.39 is 0 Å². The Morgan fingerprint density at radius 1 is 1.08 bits per heavy atom. The van der Waals surface area contributed by atoms with E-state index in [1.165, 1.54) is 55.5 Å². The second kappa shape index (κ2) is 6.96. The molecule has 3 heterocycles. The number of thiophene rings is 1. The van der Waals surface area contributed by atoms with Crippen LogP contribution in [0, 0.1) is 6.92 Å². The molecule has 0 unspecified atom stereocenters. The molecule has 5 heteroatoms. The molecule has 24 heavy (non-hydrogen) atoms. The molecule has 0 amide bonds. The zero-order valence-electron chi connectivity index (χ0n) is 14.9. The van der Waals surface area contributed by atoms with Crippen LogP contribution in [0.3, 0.4) is 0 Å². The first-order valence-electron chi connectivity index (χ1n) is 9.50. The van der Waals surface area contributed by atoms with Crippen molar-refractivity contribution in [2.24, 2.45) is 0 Å². The largest absolute Gasteiger partial charge is 0.353 e. The molecule has 0 atom stereocenters. The van der Waals surface area contributed by atoms with Crippen LogP contribution in [0.2, 0.25) is 0 Å². The van der Waals surface area contributed by atoms with Crippen LogP contribution < -0.4 is 4.90 Å². The third-order valence-electron chi connectivity index (χ3n) is 5.59. The minimum atomic E-state index is 0.834. The maximum Gasteiger partial charge on any atom is 0.141 e. The van der Waals surface area contributed by atoms with Gasteiger partial charge in [0.1, 0.15) is 16.5 Å². The Morgan fingerprint density at radius 3 is 2.54 bits per heavy atom. The monoisotopic (exact) mass is 344 g/mol.